The van der Waals surface area contributed by atoms with Crippen molar-refractivity contribution in [3.05, 3.63) is 62.5 Å². The molecule has 2 aromatic carbocycles. The molecule has 0 unspecified atom stereocenters. The van der Waals surface area contributed by atoms with Crippen molar-refractivity contribution in [2.24, 2.45) is 0 Å². The summed E-state index contributed by atoms with van der Waals surface area (Å²) in [6, 6.07) is 9.99. The molecule has 0 aliphatic rings. The molecule has 5 nitrogen and oxygen atoms in total. The number of methoxy groups -OCH3 is 1. The standard InChI is InChI=1S/C15H10BrNO4/c1-20-12-7-9(16)3-4-10(12)14(18)8-2-5-11-13(6-8)21-15(19)17-11/h2-7H,1H3,(H,17,19). The Kier molecular flexibility index (Phi) is 3.39. The summed E-state index contributed by atoms with van der Waals surface area (Å²) in [6.07, 6.45) is 0. The molecule has 0 atom stereocenters. The number of aromatic nitrogens is 1. The van der Waals surface area contributed by atoms with E-state index in [9.17, 15) is 9.59 Å². The third-order valence-corrected chi connectivity index (χ3v) is 3.58. The average Bonchev–Trinajstić information content (AvgIpc) is 2.85. The van der Waals surface area contributed by atoms with Crippen molar-refractivity contribution in [1.29, 1.82) is 0 Å². The summed E-state index contributed by atoms with van der Waals surface area (Å²) in [6.45, 7) is 0. The Morgan fingerprint density at radius 2 is 2.05 bits per heavy atom. The number of H-pyrrole nitrogens is 1. The van der Waals surface area contributed by atoms with Gasteiger partial charge in [-0.3, -0.25) is 9.78 Å². The van der Waals surface area contributed by atoms with Crippen molar-refractivity contribution in [1.82, 2.24) is 4.98 Å². The van der Waals surface area contributed by atoms with E-state index in [1.54, 1.807) is 30.3 Å². The average molecular weight is 348 g/mol. The molecule has 21 heavy (non-hydrogen) atoms. The molecule has 0 radical (unpaired) electrons. The minimum Gasteiger partial charge on any atom is -0.496 e. The van der Waals surface area contributed by atoms with Gasteiger partial charge in [0.05, 0.1) is 18.2 Å². The molecule has 0 fully saturated rings. The molecule has 3 rings (SSSR count). The molecular formula is C15H10BrNO4. The summed E-state index contributed by atoms with van der Waals surface area (Å²) in [5.41, 5.74) is 1.77. The highest BCUT2D eigenvalue weighted by atomic mass is 79.9. The lowest BCUT2D eigenvalue weighted by molar-refractivity contribution is 0.103. The number of fused-ring (bicyclic) bond motifs is 1. The maximum absolute atomic E-state index is 12.6. The first-order chi connectivity index (χ1) is 10.1. The number of benzene rings is 2. The number of ketones is 1. The van der Waals surface area contributed by atoms with Crippen molar-refractivity contribution in [3.8, 4) is 5.75 Å². The topological polar surface area (TPSA) is 72.3 Å². The van der Waals surface area contributed by atoms with Crippen LogP contribution in [0.4, 0.5) is 0 Å². The Morgan fingerprint density at radius 3 is 2.81 bits per heavy atom. The summed E-state index contributed by atoms with van der Waals surface area (Å²) in [7, 11) is 1.51. The highest BCUT2D eigenvalue weighted by Crippen LogP contribution is 2.26. The lowest BCUT2D eigenvalue weighted by Gasteiger charge is -2.08. The van der Waals surface area contributed by atoms with Gasteiger partial charge in [-0.25, -0.2) is 4.79 Å². The van der Waals surface area contributed by atoms with E-state index in [-0.39, 0.29) is 5.78 Å². The van der Waals surface area contributed by atoms with Crippen LogP contribution in [-0.4, -0.2) is 17.9 Å². The molecule has 1 aromatic heterocycles. The summed E-state index contributed by atoms with van der Waals surface area (Å²) in [5, 5.41) is 0. The van der Waals surface area contributed by atoms with Gasteiger partial charge in [0.15, 0.2) is 11.4 Å². The summed E-state index contributed by atoms with van der Waals surface area (Å²) >= 11 is 3.33. The third kappa shape index (κ3) is 2.50. The van der Waals surface area contributed by atoms with Crippen LogP contribution in [0.5, 0.6) is 5.75 Å². The molecule has 3 aromatic rings. The molecule has 1 heterocycles. The second kappa shape index (κ2) is 5.21. The largest absolute Gasteiger partial charge is 0.496 e. The van der Waals surface area contributed by atoms with Crippen molar-refractivity contribution in [2.75, 3.05) is 7.11 Å². The van der Waals surface area contributed by atoms with Crippen molar-refractivity contribution in [3.63, 3.8) is 0 Å². The smallest absolute Gasteiger partial charge is 0.417 e. The predicted molar refractivity (Wildman–Crippen MR) is 81.0 cm³/mol. The normalized spacial score (nSPS) is 10.8. The quantitative estimate of drug-likeness (QED) is 0.738. The van der Waals surface area contributed by atoms with Crippen LogP contribution in [0, 0.1) is 0 Å². The van der Waals surface area contributed by atoms with Crippen LogP contribution in [0.1, 0.15) is 15.9 Å². The van der Waals surface area contributed by atoms with Gasteiger partial charge in [0, 0.05) is 10.0 Å². The number of aromatic amines is 1. The highest BCUT2D eigenvalue weighted by molar-refractivity contribution is 9.10. The third-order valence-electron chi connectivity index (χ3n) is 3.09. The fraction of sp³-hybridized carbons (Fsp3) is 0.0667. The predicted octanol–water partition coefficient (Wildman–Crippen LogP) is 3.12. The maximum Gasteiger partial charge on any atom is 0.417 e. The number of ether oxygens (including phenoxy) is 1. The first-order valence-corrected chi connectivity index (χ1v) is 6.89. The highest BCUT2D eigenvalue weighted by Gasteiger charge is 2.16. The molecule has 0 amide bonds. The van der Waals surface area contributed by atoms with Crippen LogP contribution < -0.4 is 10.5 Å². The van der Waals surface area contributed by atoms with Gasteiger partial charge < -0.3 is 9.15 Å². The molecule has 0 aliphatic carbocycles. The fourth-order valence-electron chi connectivity index (χ4n) is 2.09. The number of halogens is 1. The second-order valence-electron chi connectivity index (χ2n) is 4.40. The minimum absolute atomic E-state index is 0.204. The van der Waals surface area contributed by atoms with E-state index in [0.717, 1.165) is 4.47 Å². The van der Waals surface area contributed by atoms with Gasteiger partial charge in [0.2, 0.25) is 0 Å². The van der Waals surface area contributed by atoms with Crippen molar-refractivity contribution < 1.29 is 13.9 Å². The van der Waals surface area contributed by atoms with Gasteiger partial charge in [0.1, 0.15) is 5.75 Å². The molecular weight excluding hydrogens is 338 g/mol. The number of hydrogen-bond donors (Lipinski definition) is 1. The van der Waals surface area contributed by atoms with Gasteiger partial charge in [-0.15, -0.1) is 0 Å². The lowest BCUT2D eigenvalue weighted by atomic mass is 10.0. The van der Waals surface area contributed by atoms with Gasteiger partial charge in [0.25, 0.3) is 0 Å². The van der Waals surface area contributed by atoms with Crippen LogP contribution in [0.2, 0.25) is 0 Å². The number of nitrogens with one attached hydrogen (secondary N) is 1. The second-order valence-corrected chi connectivity index (χ2v) is 5.31. The summed E-state index contributed by atoms with van der Waals surface area (Å²) < 4.78 is 11.0. The van der Waals surface area contributed by atoms with E-state index in [1.165, 1.54) is 13.2 Å². The van der Waals surface area contributed by atoms with Crippen molar-refractivity contribution in [2.45, 2.75) is 0 Å². The molecule has 1 N–H and O–H groups in total. The minimum atomic E-state index is -0.546. The fourth-order valence-corrected chi connectivity index (χ4v) is 2.43. The molecule has 0 saturated heterocycles. The first-order valence-electron chi connectivity index (χ1n) is 6.09. The lowest BCUT2D eigenvalue weighted by Crippen LogP contribution is -2.03. The van der Waals surface area contributed by atoms with Gasteiger partial charge in [-0.05, 0) is 36.4 Å². The summed E-state index contributed by atoms with van der Waals surface area (Å²) in [5.74, 6) is -0.272. The van der Waals surface area contributed by atoms with Crippen LogP contribution in [0.3, 0.4) is 0 Å². The number of carbonyl (C=O) groups is 1. The number of rotatable bonds is 3. The molecule has 0 spiro atoms. The Morgan fingerprint density at radius 1 is 1.24 bits per heavy atom. The van der Waals surface area contributed by atoms with Crippen LogP contribution in [-0.2, 0) is 0 Å². The maximum atomic E-state index is 12.6. The van der Waals surface area contributed by atoms with Crippen LogP contribution in [0.25, 0.3) is 11.1 Å². The SMILES string of the molecule is COc1cc(Br)ccc1C(=O)c1ccc2[nH]c(=O)oc2c1. The van der Waals surface area contributed by atoms with E-state index < -0.39 is 5.76 Å². The van der Waals surface area contributed by atoms with E-state index in [0.29, 0.717) is 28.0 Å². The molecule has 106 valence electrons. The van der Waals surface area contributed by atoms with Crippen LogP contribution in [0.15, 0.2) is 50.1 Å². The van der Waals surface area contributed by atoms with Gasteiger partial charge in [-0.2, -0.15) is 0 Å². The van der Waals surface area contributed by atoms with Gasteiger partial charge in [-0.1, -0.05) is 15.9 Å². The molecule has 6 heteroatoms. The Bertz CT molecular complexity index is 894. The van der Waals surface area contributed by atoms with E-state index in [4.69, 9.17) is 9.15 Å². The van der Waals surface area contributed by atoms with Crippen LogP contribution >= 0.6 is 15.9 Å². The molecule has 0 bridgehead atoms. The zero-order valence-corrected chi connectivity index (χ0v) is 12.6. The van der Waals surface area contributed by atoms with E-state index in [1.807, 2.05) is 0 Å². The Labute approximate surface area is 127 Å². The zero-order valence-electron chi connectivity index (χ0n) is 11.0. The molecule has 0 aliphatic heterocycles. The number of oxazole rings is 1. The van der Waals surface area contributed by atoms with E-state index >= 15 is 0 Å². The molecule has 0 saturated carbocycles. The van der Waals surface area contributed by atoms with Crippen molar-refractivity contribution >= 4 is 32.8 Å². The van der Waals surface area contributed by atoms with E-state index in [2.05, 4.69) is 20.9 Å². The number of hydrogen-bond acceptors (Lipinski definition) is 4. The first kappa shape index (κ1) is 13.6. The van der Waals surface area contributed by atoms with Gasteiger partial charge >= 0.3 is 5.76 Å². The Hall–Kier alpha value is -2.34. The zero-order chi connectivity index (χ0) is 15.0. The monoisotopic (exact) mass is 347 g/mol. The Balaban J connectivity index is 2.09. The number of carbonyl (C=O) groups excluding carboxylic acids is 1. The summed E-state index contributed by atoms with van der Waals surface area (Å²) in [4.78, 5) is 26.2.